The Kier molecular flexibility index (Phi) is 6.87. The highest BCUT2D eigenvalue weighted by Gasteiger charge is 2.48. The Morgan fingerprint density at radius 3 is 1.86 bits per heavy atom. The minimum Gasteiger partial charge on any atom is -0.394 e. The van der Waals surface area contributed by atoms with E-state index in [1.807, 2.05) is 0 Å². The molecular weight excluding hydrogens is 292 g/mol. The lowest BCUT2D eigenvalue weighted by atomic mass is 9.88. The second-order valence-electron chi connectivity index (χ2n) is 5.02. The van der Waals surface area contributed by atoms with Crippen LogP contribution in [-0.4, -0.2) is 114 Å². The molecule has 1 aliphatic heterocycles. The molecule has 0 aromatic carbocycles. The smallest absolute Gasteiger partial charge is 0.115 e. The third kappa shape index (κ3) is 3.87. The third-order valence-corrected chi connectivity index (χ3v) is 3.55. The van der Waals surface area contributed by atoms with Gasteiger partial charge < -0.3 is 50.7 Å². The first-order chi connectivity index (χ1) is 9.76. The number of rotatable bonds is 6. The van der Waals surface area contributed by atoms with Crippen LogP contribution in [-0.2, 0) is 4.74 Å². The van der Waals surface area contributed by atoms with E-state index < -0.39 is 68.1 Å². The third-order valence-electron chi connectivity index (χ3n) is 3.55. The van der Waals surface area contributed by atoms with Gasteiger partial charge in [-0.1, -0.05) is 0 Å². The van der Waals surface area contributed by atoms with Gasteiger partial charge in [-0.3, -0.25) is 0 Å². The van der Waals surface area contributed by atoms with Crippen molar-refractivity contribution in [3.8, 4) is 0 Å². The van der Waals surface area contributed by atoms with Crippen molar-refractivity contribution in [2.45, 2.75) is 54.9 Å². The molecule has 21 heavy (non-hydrogen) atoms. The van der Waals surface area contributed by atoms with Crippen LogP contribution < -0.4 is 0 Å². The van der Waals surface area contributed by atoms with Crippen LogP contribution in [0.15, 0.2) is 0 Å². The van der Waals surface area contributed by atoms with Gasteiger partial charge in [-0.05, 0) is 0 Å². The summed E-state index contributed by atoms with van der Waals surface area (Å²) in [7, 11) is 0. The quantitative estimate of drug-likeness (QED) is 0.228. The molecule has 0 saturated carbocycles. The van der Waals surface area contributed by atoms with Crippen LogP contribution in [0.1, 0.15) is 0 Å². The number of hydrogen-bond donors (Lipinski definition) is 9. The van der Waals surface area contributed by atoms with Crippen molar-refractivity contribution in [1.82, 2.24) is 0 Å². The molecule has 0 aliphatic carbocycles. The summed E-state index contributed by atoms with van der Waals surface area (Å²) in [6, 6.07) is 0. The van der Waals surface area contributed by atoms with Crippen LogP contribution in [0.25, 0.3) is 0 Å². The Morgan fingerprint density at radius 2 is 1.38 bits per heavy atom. The van der Waals surface area contributed by atoms with Crippen molar-refractivity contribution in [3.63, 3.8) is 0 Å². The first-order valence-corrected chi connectivity index (χ1v) is 6.39. The minimum atomic E-state index is -2.01. The zero-order chi connectivity index (χ0) is 16.3. The van der Waals surface area contributed by atoms with Crippen molar-refractivity contribution in [1.29, 1.82) is 0 Å². The van der Waals surface area contributed by atoms with Crippen LogP contribution in [0, 0.1) is 0 Å². The summed E-state index contributed by atoms with van der Waals surface area (Å²) in [4.78, 5) is 0. The van der Waals surface area contributed by atoms with E-state index in [4.69, 9.17) is 14.9 Å². The molecule has 1 rings (SSSR count). The number of hydrogen-bond acceptors (Lipinski definition) is 10. The van der Waals surface area contributed by atoms with Gasteiger partial charge in [0.05, 0.1) is 13.2 Å². The second-order valence-corrected chi connectivity index (χ2v) is 5.02. The van der Waals surface area contributed by atoms with Gasteiger partial charge in [0.2, 0.25) is 0 Å². The van der Waals surface area contributed by atoms with Crippen LogP contribution >= 0.6 is 0 Å². The van der Waals surface area contributed by atoms with Gasteiger partial charge in [0.15, 0.2) is 0 Å². The Hall–Kier alpha value is -0.400. The fourth-order valence-corrected chi connectivity index (χ4v) is 2.14. The van der Waals surface area contributed by atoms with Crippen LogP contribution in [0.2, 0.25) is 0 Å². The molecule has 10 nitrogen and oxygen atoms in total. The molecule has 0 aromatic heterocycles. The van der Waals surface area contributed by atoms with E-state index >= 15 is 0 Å². The van der Waals surface area contributed by atoms with Crippen molar-refractivity contribution >= 4 is 0 Å². The molecule has 9 atom stereocenters. The molecule has 0 spiro atoms. The molecule has 9 N–H and O–H groups in total. The van der Waals surface area contributed by atoms with Gasteiger partial charge in [-0.25, -0.2) is 0 Å². The first-order valence-electron chi connectivity index (χ1n) is 6.39. The van der Waals surface area contributed by atoms with Crippen LogP contribution in [0.3, 0.4) is 0 Å². The molecule has 1 heterocycles. The maximum Gasteiger partial charge on any atom is 0.115 e. The van der Waals surface area contributed by atoms with Crippen molar-refractivity contribution in [3.05, 3.63) is 0 Å². The molecule has 0 aromatic rings. The van der Waals surface area contributed by atoms with Gasteiger partial charge in [0, 0.05) is 0 Å². The summed E-state index contributed by atoms with van der Waals surface area (Å²) in [6.07, 6.45) is -15.7. The van der Waals surface area contributed by atoms with Gasteiger partial charge in [0.1, 0.15) is 54.9 Å². The monoisotopic (exact) mass is 314 g/mol. The van der Waals surface area contributed by atoms with E-state index in [2.05, 4.69) is 0 Å². The molecule has 0 radical (unpaired) electrons. The number of aliphatic hydroxyl groups excluding tert-OH is 9. The predicted octanol–water partition coefficient (Wildman–Crippen LogP) is -5.74. The average Bonchev–Trinajstić information content (AvgIpc) is 2.50. The van der Waals surface area contributed by atoms with Crippen molar-refractivity contribution < 1.29 is 50.7 Å². The number of ether oxygens (including phenoxy) is 1. The molecule has 1 aliphatic rings. The second kappa shape index (κ2) is 7.74. The lowest BCUT2D eigenvalue weighted by molar-refractivity contribution is -0.263. The zero-order valence-corrected chi connectivity index (χ0v) is 11.0. The van der Waals surface area contributed by atoms with Crippen molar-refractivity contribution in [2.75, 3.05) is 13.2 Å². The first kappa shape index (κ1) is 18.6. The van der Waals surface area contributed by atoms with Gasteiger partial charge in [-0.15, -0.1) is 0 Å². The normalized spacial score (nSPS) is 39.6. The summed E-state index contributed by atoms with van der Waals surface area (Å²) < 4.78 is 5.00. The van der Waals surface area contributed by atoms with Gasteiger partial charge in [0.25, 0.3) is 0 Å². The lowest BCUT2D eigenvalue weighted by Gasteiger charge is -2.43. The predicted molar refractivity (Wildman–Crippen MR) is 64.9 cm³/mol. The van der Waals surface area contributed by atoms with E-state index in [1.54, 1.807) is 0 Å². The topological polar surface area (TPSA) is 191 Å². The van der Waals surface area contributed by atoms with E-state index in [0.717, 1.165) is 0 Å². The zero-order valence-electron chi connectivity index (χ0n) is 11.0. The number of aliphatic hydroxyl groups is 9. The Labute approximate surface area is 120 Å². The maximum absolute atomic E-state index is 9.88. The Morgan fingerprint density at radius 1 is 0.810 bits per heavy atom. The largest absolute Gasteiger partial charge is 0.394 e. The summed E-state index contributed by atoms with van der Waals surface area (Å²) >= 11 is 0. The molecule has 1 saturated heterocycles. The molecule has 0 bridgehead atoms. The van der Waals surface area contributed by atoms with E-state index in [9.17, 15) is 35.7 Å². The van der Waals surface area contributed by atoms with Crippen LogP contribution in [0.4, 0.5) is 0 Å². The molecule has 0 amide bonds. The highest BCUT2D eigenvalue weighted by molar-refractivity contribution is 4.97. The summed E-state index contributed by atoms with van der Waals surface area (Å²) in [5.41, 5.74) is 0. The summed E-state index contributed by atoms with van der Waals surface area (Å²) in [6.45, 7) is -1.59. The lowest BCUT2D eigenvalue weighted by Crippen LogP contribution is -2.64. The minimum absolute atomic E-state index is 0.716. The van der Waals surface area contributed by atoms with E-state index in [0.29, 0.717) is 0 Å². The SMILES string of the molecule is OC[C@@H](O)[C@H](O)[C@H](O)[C@@H](O)[C@H]1O[C@@H](CO)[C@H](O)[C@@H](O)[C@@H]1O. The van der Waals surface area contributed by atoms with Gasteiger partial charge in [-0.2, -0.15) is 0 Å². The van der Waals surface area contributed by atoms with E-state index in [1.165, 1.54) is 0 Å². The Bertz CT molecular complexity index is 313. The van der Waals surface area contributed by atoms with Gasteiger partial charge >= 0.3 is 0 Å². The highest BCUT2D eigenvalue weighted by atomic mass is 16.6. The van der Waals surface area contributed by atoms with Crippen molar-refractivity contribution in [2.24, 2.45) is 0 Å². The molecule has 126 valence electrons. The highest BCUT2D eigenvalue weighted by Crippen LogP contribution is 2.25. The maximum atomic E-state index is 9.88. The molecule has 10 heteroatoms. The van der Waals surface area contributed by atoms with E-state index in [-0.39, 0.29) is 0 Å². The fraction of sp³-hybridized carbons (Fsp3) is 1.00. The molecular formula is C11H22O10. The van der Waals surface area contributed by atoms with Crippen LogP contribution in [0.5, 0.6) is 0 Å². The average molecular weight is 314 g/mol. The summed E-state index contributed by atoms with van der Waals surface area (Å²) in [5.74, 6) is 0. The molecule has 0 unspecified atom stereocenters. The summed E-state index contributed by atoms with van der Waals surface area (Å²) in [5, 5.41) is 84.8. The Balaban J connectivity index is 2.82. The molecule has 1 fully saturated rings. The standard InChI is InChI=1S/C11H22O10/c12-1-3(14)5(15)7(17)9(19)11-10(20)8(18)6(16)4(2-13)21-11/h3-20H,1-2H2/t3-,4+,5+,6+,7+,8-,9-,10+,11-/m1/s1. The fourth-order valence-electron chi connectivity index (χ4n) is 2.14.